The first-order valence-corrected chi connectivity index (χ1v) is 8.17. The molecular weight excluding hydrogens is 314 g/mol. The van der Waals surface area contributed by atoms with E-state index in [1.807, 2.05) is 0 Å². The second kappa shape index (κ2) is 7.84. The Morgan fingerprint density at radius 1 is 1.50 bits per heavy atom. The Labute approximate surface area is 121 Å². The minimum absolute atomic E-state index is 0.0342. The number of hydrogen-bond acceptors (Lipinski definition) is 4. The topological polar surface area (TPSA) is 54.9 Å². The van der Waals surface area contributed by atoms with E-state index < -0.39 is 0 Å². The Morgan fingerprint density at radius 2 is 2.22 bits per heavy atom. The maximum absolute atomic E-state index is 12.2. The van der Waals surface area contributed by atoms with Gasteiger partial charge in [-0.3, -0.25) is 4.79 Å². The maximum Gasteiger partial charge on any atom is 0.265 e. The minimum atomic E-state index is -0.0342. The average molecular weight is 334 g/mol. The van der Waals surface area contributed by atoms with Crippen LogP contribution in [0.4, 0.5) is 0 Å². The standard InChI is InChI=1S/C12H20BrN3OS/c1-4-5-10-11(18-16-15-10)12(17)14-9(6-7-13)8(2)3/h8-9H,4-7H2,1-3H3,(H,14,17). The lowest BCUT2D eigenvalue weighted by Crippen LogP contribution is -2.38. The second-order valence-electron chi connectivity index (χ2n) is 4.60. The molecule has 6 heteroatoms. The lowest BCUT2D eigenvalue weighted by atomic mass is 10.0. The number of aromatic nitrogens is 2. The molecule has 0 saturated carbocycles. The number of rotatable bonds is 7. The summed E-state index contributed by atoms with van der Waals surface area (Å²) in [5.41, 5.74) is 0.821. The zero-order valence-corrected chi connectivity index (χ0v) is 13.5. The molecule has 1 N–H and O–H groups in total. The van der Waals surface area contributed by atoms with Gasteiger partial charge in [-0.2, -0.15) is 0 Å². The molecule has 0 saturated heterocycles. The van der Waals surface area contributed by atoms with E-state index in [-0.39, 0.29) is 11.9 Å². The quantitative estimate of drug-likeness (QED) is 0.780. The summed E-state index contributed by atoms with van der Waals surface area (Å²) >= 11 is 4.61. The molecule has 0 bridgehead atoms. The van der Waals surface area contributed by atoms with E-state index in [1.54, 1.807) is 0 Å². The number of alkyl halides is 1. The highest BCUT2D eigenvalue weighted by molar-refractivity contribution is 9.09. The molecule has 1 heterocycles. The highest BCUT2D eigenvalue weighted by Crippen LogP contribution is 2.15. The summed E-state index contributed by atoms with van der Waals surface area (Å²) in [7, 11) is 0. The van der Waals surface area contributed by atoms with E-state index in [0.29, 0.717) is 10.8 Å². The minimum Gasteiger partial charge on any atom is -0.348 e. The highest BCUT2D eigenvalue weighted by atomic mass is 79.9. The summed E-state index contributed by atoms with van der Waals surface area (Å²) in [6.45, 7) is 6.31. The molecule has 1 amide bonds. The maximum atomic E-state index is 12.2. The first-order chi connectivity index (χ1) is 8.60. The first kappa shape index (κ1) is 15.6. The number of aryl methyl sites for hydroxylation is 1. The summed E-state index contributed by atoms with van der Waals surface area (Å²) in [5.74, 6) is 0.384. The van der Waals surface area contributed by atoms with Gasteiger partial charge in [-0.15, -0.1) is 5.10 Å². The van der Waals surface area contributed by atoms with Crippen LogP contribution in [-0.2, 0) is 6.42 Å². The van der Waals surface area contributed by atoms with E-state index in [1.165, 1.54) is 11.5 Å². The lowest BCUT2D eigenvalue weighted by molar-refractivity contribution is 0.0928. The van der Waals surface area contributed by atoms with E-state index in [9.17, 15) is 4.79 Å². The van der Waals surface area contributed by atoms with Crippen molar-refractivity contribution in [3.05, 3.63) is 10.6 Å². The van der Waals surface area contributed by atoms with Crippen molar-refractivity contribution in [2.45, 2.75) is 46.1 Å². The van der Waals surface area contributed by atoms with Gasteiger partial charge < -0.3 is 5.32 Å². The van der Waals surface area contributed by atoms with Gasteiger partial charge >= 0.3 is 0 Å². The zero-order chi connectivity index (χ0) is 13.5. The molecule has 0 fully saturated rings. The third-order valence-electron chi connectivity index (χ3n) is 2.79. The van der Waals surface area contributed by atoms with Gasteiger partial charge in [-0.1, -0.05) is 47.6 Å². The smallest absolute Gasteiger partial charge is 0.265 e. The molecule has 1 atom stereocenters. The van der Waals surface area contributed by atoms with Crippen LogP contribution < -0.4 is 5.32 Å². The molecule has 0 aliphatic carbocycles. The van der Waals surface area contributed by atoms with Crippen LogP contribution in [0.5, 0.6) is 0 Å². The Hall–Kier alpha value is -0.490. The van der Waals surface area contributed by atoms with Crippen molar-refractivity contribution in [3.63, 3.8) is 0 Å². The predicted molar refractivity (Wildman–Crippen MR) is 78.4 cm³/mol. The Morgan fingerprint density at radius 3 is 2.78 bits per heavy atom. The van der Waals surface area contributed by atoms with Crippen LogP contribution in [0, 0.1) is 5.92 Å². The van der Waals surface area contributed by atoms with Crippen molar-refractivity contribution in [1.82, 2.24) is 14.9 Å². The van der Waals surface area contributed by atoms with Crippen molar-refractivity contribution in [2.24, 2.45) is 5.92 Å². The van der Waals surface area contributed by atoms with Gasteiger partial charge in [-0.25, -0.2) is 0 Å². The largest absolute Gasteiger partial charge is 0.348 e. The third-order valence-corrected chi connectivity index (χ3v) is 4.01. The molecular formula is C12H20BrN3OS. The second-order valence-corrected chi connectivity index (χ2v) is 6.15. The van der Waals surface area contributed by atoms with Crippen LogP contribution in [0.3, 0.4) is 0 Å². The monoisotopic (exact) mass is 333 g/mol. The molecule has 0 aliphatic rings. The van der Waals surface area contributed by atoms with Crippen LogP contribution in [0.15, 0.2) is 0 Å². The van der Waals surface area contributed by atoms with Crippen molar-refractivity contribution in [1.29, 1.82) is 0 Å². The number of nitrogens with one attached hydrogen (secondary N) is 1. The van der Waals surface area contributed by atoms with E-state index in [0.717, 1.165) is 30.3 Å². The fourth-order valence-electron chi connectivity index (χ4n) is 1.71. The molecule has 0 aliphatic heterocycles. The van der Waals surface area contributed by atoms with Crippen LogP contribution in [0.1, 0.15) is 49.0 Å². The summed E-state index contributed by atoms with van der Waals surface area (Å²) in [4.78, 5) is 12.9. The summed E-state index contributed by atoms with van der Waals surface area (Å²) in [6, 6.07) is 0.188. The molecule has 0 radical (unpaired) electrons. The van der Waals surface area contributed by atoms with Gasteiger partial charge in [-0.05, 0) is 30.3 Å². The van der Waals surface area contributed by atoms with Crippen LogP contribution in [0.25, 0.3) is 0 Å². The SMILES string of the molecule is CCCc1nnsc1C(=O)NC(CCBr)C(C)C. The van der Waals surface area contributed by atoms with Gasteiger partial charge in [0.25, 0.3) is 5.91 Å². The summed E-state index contributed by atoms with van der Waals surface area (Å²) in [5, 5.41) is 7.99. The molecule has 18 heavy (non-hydrogen) atoms. The molecule has 0 spiro atoms. The molecule has 1 aromatic heterocycles. The van der Waals surface area contributed by atoms with Gasteiger partial charge in [0.1, 0.15) is 4.88 Å². The molecule has 102 valence electrons. The van der Waals surface area contributed by atoms with Crippen molar-refractivity contribution in [2.75, 3.05) is 5.33 Å². The zero-order valence-electron chi connectivity index (χ0n) is 11.1. The van der Waals surface area contributed by atoms with E-state index in [4.69, 9.17) is 0 Å². The first-order valence-electron chi connectivity index (χ1n) is 6.28. The molecule has 1 aromatic rings. The number of carbonyl (C=O) groups excluding carboxylic acids is 1. The Balaban J connectivity index is 2.71. The van der Waals surface area contributed by atoms with Crippen LogP contribution in [-0.4, -0.2) is 26.9 Å². The van der Waals surface area contributed by atoms with Crippen molar-refractivity contribution in [3.8, 4) is 0 Å². The summed E-state index contributed by atoms with van der Waals surface area (Å²) < 4.78 is 3.88. The van der Waals surface area contributed by atoms with E-state index >= 15 is 0 Å². The fraction of sp³-hybridized carbons (Fsp3) is 0.750. The third kappa shape index (κ3) is 4.31. The molecule has 0 aromatic carbocycles. The lowest BCUT2D eigenvalue weighted by Gasteiger charge is -2.21. The number of halogens is 1. The average Bonchev–Trinajstić information content (AvgIpc) is 2.77. The predicted octanol–water partition coefficient (Wildman–Crippen LogP) is 3.03. The fourth-order valence-corrected chi connectivity index (χ4v) is 2.81. The van der Waals surface area contributed by atoms with E-state index in [2.05, 4.69) is 51.6 Å². The van der Waals surface area contributed by atoms with Crippen molar-refractivity contribution >= 4 is 33.4 Å². The van der Waals surface area contributed by atoms with Gasteiger partial charge in [0.2, 0.25) is 0 Å². The molecule has 1 rings (SSSR count). The summed E-state index contributed by atoms with van der Waals surface area (Å²) in [6.07, 6.45) is 2.71. The Kier molecular flexibility index (Phi) is 6.78. The van der Waals surface area contributed by atoms with Crippen LogP contribution in [0.2, 0.25) is 0 Å². The van der Waals surface area contributed by atoms with Gasteiger partial charge in [0.05, 0.1) is 5.69 Å². The number of carbonyl (C=O) groups is 1. The number of nitrogens with zero attached hydrogens (tertiary/aromatic N) is 2. The highest BCUT2D eigenvalue weighted by Gasteiger charge is 2.20. The van der Waals surface area contributed by atoms with Crippen LogP contribution >= 0.6 is 27.5 Å². The van der Waals surface area contributed by atoms with Crippen molar-refractivity contribution < 1.29 is 4.79 Å². The van der Waals surface area contributed by atoms with Gasteiger partial charge in [0, 0.05) is 11.4 Å². The van der Waals surface area contributed by atoms with Gasteiger partial charge in [0.15, 0.2) is 0 Å². The normalized spacial score (nSPS) is 12.7. The Bertz CT molecular complexity index is 381. The number of hydrogen-bond donors (Lipinski definition) is 1. The molecule has 1 unspecified atom stereocenters. The molecule has 4 nitrogen and oxygen atoms in total. The number of amides is 1.